The lowest BCUT2D eigenvalue weighted by Crippen LogP contribution is -2.16. The average molecular weight is 421 g/mol. The quantitative estimate of drug-likeness (QED) is 0.403. The largest absolute Gasteiger partial charge is 0.494 e. The van der Waals surface area contributed by atoms with E-state index >= 15 is 0 Å². The van der Waals surface area contributed by atoms with Crippen LogP contribution in [0.15, 0.2) is 41.3 Å². The van der Waals surface area contributed by atoms with Crippen molar-refractivity contribution >= 4 is 29.2 Å². The normalized spacial score (nSPS) is 10.7. The van der Waals surface area contributed by atoms with Crippen molar-refractivity contribution in [2.75, 3.05) is 17.7 Å². The SMILES string of the molecule is COc1c(Nc2nc(Nc3cc(C)on3)ncc2C(N)=O)cccc1-c1ncn(C)n1. The van der Waals surface area contributed by atoms with Crippen LogP contribution in [0.4, 0.5) is 23.3 Å². The molecule has 158 valence electrons. The van der Waals surface area contributed by atoms with Gasteiger partial charge in [-0.1, -0.05) is 11.2 Å². The summed E-state index contributed by atoms with van der Waals surface area (Å²) in [5.41, 5.74) is 6.81. The van der Waals surface area contributed by atoms with Crippen molar-refractivity contribution in [3.8, 4) is 17.1 Å². The van der Waals surface area contributed by atoms with E-state index in [9.17, 15) is 4.79 Å². The Kier molecular flexibility index (Phi) is 5.18. The molecule has 0 radical (unpaired) electrons. The molecule has 0 fully saturated rings. The fourth-order valence-corrected chi connectivity index (χ4v) is 2.88. The topological polar surface area (TPSA) is 159 Å². The molecule has 0 saturated heterocycles. The zero-order chi connectivity index (χ0) is 22.0. The predicted molar refractivity (Wildman–Crippen MR) is 111 cm³/mol. The van der Waals surface area contributed by atoms with Gasteiger partial charge in [-0.2, -0.15) is 10.1 Å². The number of para-hydroxylation sites is 1. The van der Waals surface area contributed by atoms with E-state index in [1.807, 2.05) is 6.07 Å². The zero-order valence-corrected chi connectivity index (χ0v) is 16.9. The molecule has 0 bridgehead atoms. The molecule has 0 aliphatic heterocycles. The molecule has 0 atom stereocenters. The number of aromatic nitrogens is 6. The second-order valence-corrected chi connectivity index (χ2v) is 6.52. The van der Waals surface area contributed by atoms with Gasteiger partial charge in [-0.15, -0.1) is 0 Å². The number of hydrogen-bond acceptors (Lipinski definition) is 10. The van der Waals surface area contributed by atoms with Crippen LogP contribution in [-0.4, -0.2) is 42.9 Å². The van der Waals surface area contributed by atoms with Crippen LogP contribution in [0.5, 0.6) is 5.75 Å². The number of ether oxygens (including phenoxy) is 1. The van der Waals surface area contributed by atoms with Gasteiger partial charge in [0.2, 0.25) is 5.95 Å². The average Bonchev–Trinajstić information content (AvgIpc) is 3.35. The summed E-state index contributed by atoms with van der Waals surface area (Å²) in [6.07, 6.45) is 2.91. The van der Waals surface area contributed by atoms with Gasteiger partial charge in [0.25, 0.3) is 5.91 Å². The van der Waals surface area contributed by atoms with Crippen LogP contribution < -0.4 is 21.1 Å². The first-order chi connectivity index (χ1) is 14.9. The monoisotopic (exact) mass is 421 g/mol. The summed E-state index contributed by atoms with van der Waals surface area (Å²) in [6, 6.07) is 7.09. The zero-order valence-electron chi connectivity index (χ0n) is 16.9. The Morgan fingerprint density at radius 1 is 1.26 bits per heavy atom. The van der Waals surface area contributed by atoms with Crippen molar-refractivity contribution < 1.29 is 14.1 Å². The number of aryl methyl sites for hydroxylation is 2. The number of carbonyl (C=O) groups excluding carboxylic acids is 1. The Morgan fingerprint density at radius 3 is 2.74 bits per heavy atom. The molecule has 4 rings (SSSR count). The van der Waals surface area contributed by atoms with E-state index in [-0.39, 0.29) is 17.3 Å². The number of primary amides is 1. The number of rotatable bonds is 7. The van der Waals surface area contributed by atoms with Gasteiger partial charge in [-0.25, -0.2) is 9.97 Å². The molecule has 12 nitrogen and oxygen atoms in total. The van der Waals surface area contributed by atoms with Crippen LogP contribution in [0, 0.1) is 6.92 Å². The Balaban J connectivity index is 1.72. The molecule has 12 heteroatoms. The van der Waals surface area contributed by atoms with E-state index < -0.39 is 5.91 Å². The summed E-state index contributed by atoms with van der Waals surface area (Å²) in [4.78, 5) is 24.7. The second-order valence-electron chi connectivity index (χ2n) is 6.52. The van der Waals surface area contributed by atoms with Gasteiger partial charge in [0, 0.05) is 19.3 Å². The maximum absolute atomic E-state index is 11.9. The first kappa shape index (κ1) is 19.8. The Labute approximate surface area is 176 Å². The van der Waals surface area contributed by atoms with Crippen LogP contribution in [0.1, 0.15) is 16.1 Å². The third-order valence-corrected chi connectivity index (χ3v) is 4.23. The van der Waals surface area contributed by atoms with Crippen molar-refractivity contribution in [1.82, 2.24) is 29.9 Å². The van der Waals surface area contributed by atoms with Crippen LogP contribution in [0.2, 0.25) is 0 Å². The first-order valence-corrected chi connectivity index (χ1v) is 9.12. The fraction of sp³-hybridized carbons (Fsp3) is 0.158. The number of carbonyl (C=O) groups is 1. The summed E-state index contributed by atoms with van der Waals surface area (Å²) in [7, 11) is 3.30. The van der Waals surface area contributed by atoms with Gasteiger partial charge in [0.15, 0.2) is 17.4 Å². The lowest BCUT2D eigenvalue weighted by Gasteiger charge is -2.15. The van der Waals surface area contributed by atoms with Crippen LogP contribution in [-0.2, 0) is 7.05 Å². The molecule has 0 aliphatic carbocycles. The Hall–Kier alpha value is -4.48. The van der Waals surface area contributed by atoms with Crippen molar-refractivity contribution in [1.29, 1.82) is 0 Å². The molecule has 0 saturated carbocycles. The third kappa shape index (κ3) is 4.12. The number of hydrogen-bond donors (Lipinski definition) is 3. The number of benzene rings is 1. The summed E-state index contributed by atoms with van der Waals surface area (Å²) >= 11 is 0. The standard InChI is InChI=1S/C19H19N9O3/c1-10-7-14(27-31-10)24-19-21-8-12(16(20)29)18(25-19)23-13-6-4-5-11(15(13)30-3)17-22-9-28(2)26-17/h4-9H,1-3H3,(H2,20,29)(H2,21,23,24,25,27). The van der Waals surface area contributed by atoms with Gasteiger partial charge >= 0.3 is 0 Å². The Morgan fingerprint density at radius 2 is 2.10 bits per heavy atom. The van der Waals surface area contributed by atoms with Gasteiger partial charge in [-0.05, 0) is 19.1 Å². The van der Waals surface area contributed by atoms with E-state index in [0.29, 0.717) is 34.4 Å². The minimum Gasteiger partial charge on any atom is -0.494 e. The number of amides is 1. The first-order valence-electron chi connectivity index (χ1n) is 9.12. The molecular weight excluding hydrogens is 402 g/mol. The van der Waals surface area contributed by atoms with E-state index in [0.717, 1.165) is 0 Å². The van der Waals surface area contributed by atoms with Gasteiger partial charge in [-0.3, -0.25) is 9.48 Å². The van der Waals surface area contributed by atoms with Crippen molar-refractivity contribution in [3.63, 3.8) is 0 Å². The maximum Gasteiger partial charge on any atom is 0.254 e. The van der Waals surface area contributed by atoms with Crippen LogP contribution >= 0.6 is 0 Å². The molecular formula is C19H19N9O3. The lowest BCUT2D eigenvalue weighted by molar-refractivity contribution is 0.100. The van der Waals surface area contributed by atoms with E-state index in [1.54, 1.807) is 43.2 Å². The molecule has 0 spiro atoms. The molecule has 1 aromatic carbocycles. The third-order valence-electron chi connectivity index (χ3n) is 4.23. The van der Waals surface area contributed by atoms with Crippen LogP contribution in [0.25, 0.3) is 11.4 Å². The molecule has 1 amide bonds. The highest BCUT2D eigenvalue weighted by Gasteiger charge is 2.18. The second kappa shape index (κ2) is 8.10. The van der Waals surface area contributed by atoms with Crippen molar-refractivity contribution in [3.05, 3.63) is 48.1 Å². The minimum atomic E-state index is -0.687. The number of nitrogens with one attached hydrogen (secondary N) is 2. The minimum absolute atomic E-state index is 0.102. The van der Waals surface area contributed by atoms with Gasteiger partial charge in [0.1, 0.15) is 23.5 Å². The highest BCUT2D eigenvalue weighted by Crippen LogP contribution is 2.36. The molecule has 31 heavy (non-hydrogen) atoms. The summed E-state index contributed by atoms with van der Waals surface area (Å²) in [5.74, 6) is 1.72. The maximum atomic E-state index is 11.9. The predicted octanol–water partition coefficient (Wildman–Crippen LogP) is 2.16. The van der Waals surface area contributed by atoms with Gasteiger partial charge < -0.3 is 25.6 Å². The van der Waals surface area contributed by atoms with Gasteiger partial charge in [0.05, 0.1) is 18.4 Å². The van der Waals surface area contributed by atoms with E-state index in [1.165, 1.54) is 13.3 Å². The molecule has 4 N–H and O–H groups in total. The molecule has 0 aliphatic rings. The molecule has 0 unspecified atom stereocenters. The van der Waals surface area contributed by atoms with E-state index in [2.05, 4.69) is 35.8 Å². The Bertz CT molecular complexity index is 1250. The molecule has 4 aromatic rings. The summed E-state index contributed by atoms with van der Waals surface area (Å²) in [6.45, 7) is 1.76. The van der Waals surface area contributed by atoms with Crippen molar-refractivity contribution in [2.24, 2.45) is 12.8 Å². The number of nitrogens with zero attached hydrogens (tertiary/aromatic N) is 6. The van der Waals surface area contributed by atoms with Crippen molar-refractivity contribution in [2.45, 2.75) is 6.92 Å². The highest BCUT2D eigenvalue weighted by atomic mass is 16.5. The smallest absolute Gasteiger partial charge is 0.254 e. The highest BCUT2D eigenvalue weighted by molar-refractivity contribution is 5.98. The lowest BCUT2D eigenvalue weighted by atomic mass is 10.1. The summed E-state index contributed by atoms with van der Waals surface area (Å²) < 4.78 is 12.2. The summed E-state index contributed by atoms with van der Waals surface area (Å²) in [5, 5.41) is 14.2. The van der Waals surface area contributed by atoms with E-state index in [4.69, 9.17) is 15.0 Å². The fourth-order valence-electron chi connectivity index (χ4n) is 2.88. The van der Waals surface area contributed by atoms with Crippen LogP contribution in [0.3, 0.4) is 0 Å². The number of nitrogens with two attached hydrogens (primary N) is 1. The molecule has 3 aromatic heterocycles. The number of anilines is 4. The number of methoxy groups -OCH3 is 1. The molecule has 3 heterocycles.